The van der Waals surface area contributed by atoms with Gasteiger partial charge in [0.1, 0.15) is 5.75 Å². The molecule has 1 N–H and O–H groups in total. The van der Waals surface area contributed by atoms with E-state index in [-0.39, 0.29) is 29.6 Å². The summed E-state index contributed by atoms with van der Waals surface area (Å²) in [4.78, 5) is 13.3. The first-order valence-corrected chi connectivity index (χ1v) is 10.4. The Labute approximate surface area is 186 Å². The SMILES string of the molecule is CC(C)c1cc2ccccn2c1C(=O)c1ccc(OCCCNC(C)(C)C)cc1.Cl. The van der Waals surface area contributed by atoms with Crippen molar-refractivity contribution in [1.82, 2.24) is 9.72 Å². The summed E-state index contributed by atoms with van der Waals surface area (Å²) in [6, 6.07) is 15.6. The normalized spacial score (nSPS) is 11.5. The molecule has 2 aromatic heterocycles. The molecular formula is C25H33ClN2O2. The van der Waals surface area contributed by atoms with Gasteiger partial charge in [0.25, 0.3) is 0 Å². The lowest BCUT2D eigenvalue weighted by atomic mass is 9.98. The van der Waals surface area contributed by atoms with Gasteiger partial charge in [-0.1, -0.05) is 19.9 Å². The van der Waals surface area contributed by atoms with Crippen molar-refractivity contribution < 1.29 is 9.53 Å². The second kappa shape index (κ2) is 10.1. The van der Waals surface area contributed by atoms with Crippen molar-refractivity contribution >= 4 is 23.7 Å². The first-order valence-electron chi connectivity index (χ1n) is 10.4. The molecule has 0 aliphatic carbocycles. The summed E-state index contributed by atoms with van der Waals surface area (Å²) < 4.78 is 7.81. The van der Waals surface area contributed by atoms with Crippen LogP contribution in [0.15, 0.2) is 54.7 Å². The summed E-state index contributed by atoms with van der Waals surface area (Å²) in [5, 5.41) is 3.45. The van der Waals surface area contributed by atoms with Crippen LogP contribution in [0.5, 0.6) is 5.75 Å². The van der Waals surface area contributed by atoms with E-state index in [0.717, 1.165) is 35.5 Å². The average Bonchev–Trinajstić information content (AvgIpc) is 3.07. The number of ether oxygens (including phenoxy) is 1. The van der Waals surface area contributed by atoms with E-state index in [2.05, 4.69) is 46.0 Å². The van der Waals surface area contributed by atoms with Crippen LogP contribution >= 0.6 is 12.4 Å². The lowest BCUT2D eigenvalue weighted by Gasteiger charge is -2.20. The predicted molar refractivity (Wildman–Crippen MR) is 126 cm³/mol. The number of nitrogens with one attached hydrogen (secondary N) is 1. The molecule has 0 radical (unpaired) electrons. The zero-order valence-electron chi connectivity index (χ0n) is 18.6. The molecule has 3 aromatic rings. The van der Waals surface area contributed by atoms with Crippen LogP contribution in [-0.2, 0) is 0 Å². The quantitative estimate of drug-likeness (QED) is 0.360. The maximum absolute atomic E-state index is 13.3. The molecule has 0 atom stereocenters. The average molecular weight is 429 g/mol. The lowest BCUT2D eigenvalue weighted by Crippen LogP contribution is -2.36. The van der Waals surface area contributed by atoms with Gasteiger partial charge in [0, 0.05) is 22.8 Å². The first kappa shape index (κ1) is 24.0. The Hall–Kier alpha value is -2.30. The van der Waals surface area contributed by atoms with Gasteiger partial charge >= 0.3 is 0 Å². The third-order valence-corrected chi connectivity index (χ3v) is 4.91. The molecule has 3 rings (SSSR count). The molecule has 0 amide bonds. The molecule has 30 heavy (non-hydrogen) atoms. The number of nitrogens with zero attached hydrogens (tertiary/aromatic N) is 1. The van der Waals surface area contributed by atoms with Crippen molar-refractivity contribution in [3.05, 3.63) is 71.5 Å². The molecule has 0 spiro atoms. The van der Waals surface area contributed by atoms with E-state index in [9.17, 15) is 4.79 Å². The third-order valence-electron chi connectivity index (χ3n) is 4.91. The van der Waals surface area contributed by atoms with Crippen molar-refractivity contribution in [3.63, 3.8) is 0 Å². The van der Waals surface area contributed by atoms with Crippen LogP contribution in [-0.4, -0.2) is 28.9 Å². The van der Waals surface area contributed by atoms with Crippen LogP contribution in [0.25, 0.3) is 5.52 Å². The van der Waals surface area contributed by atoms with E-state index in [1.54, 1.807) is 0 Å². The minimum atomic E-state index is 0. The Morgan fingerprint density at radius 2 is 1.80 bits per heavy atom. The number of carbonyl (C=O) groups is 1. The standard InChI is InChI=1S/C25H32N2O2.ClH/c1-18(2)22-17-20-9-6-7-15-27(20)23(22)24(28)19-10-12-21(13-11-19)29-16-8-14-26-25(3,4)5;/h6-7,9-13,15,17-18,26H,8,14,16H2,1-5H3;1H. The van der Waals surface area contributed by atoms with Crippen LogP contribution in [0.3, 0.4) is 0 Å². The van der Waals surface area contributed by atoms with Gasteiger partial charge in [-0.25, -0.2) is 0 Å². The summed E-state index contributed by atoms with van der Waals surface area (Å²) >= 11 is 0. The number of hydrogen-bond donors (Lipinski definition) is 1. The summed E-state index contributed by atoms with van der Waals surface area (Å²) in [5.74, 6) is 1.11. The van der Waals surface area contributed by atoms with Gasteiger partial charge < -0.3 is 14.5 Å². The summed E-state index contributed by atoms with van der Waals surface area (Å²) in [6.07, 6.45) is 2.89. The highest BCUT2D eigenvalue weighted by Crippen LogP contribution is 2.27. The van der Waals surface area contributed by atoms with Crippen LogP contribution in [0, 0.1) is 0 Å². The van der Waals surface area contributed by atoms with Gasteiger partial charge in [0.2, 0.25) is 5.78 Å². The van der Waals surface area contributed by atoms with Crippen LogP contribution in [0.4, 0.5) is 0 Å². The molecule has 1 aromatic carbocycles. The van der Waals surface area contributed by atoms with Crippen LogP contribution in [0.1, 0.15) is 68.6 Å². The Kier molecular flexibility index (Phi) is 8.10. The minimum absolute atomic E-state index is 0. The van der Waals surface area contributed by atoms with E-state index in [0.29, 0.717) is 12.2 Å². The van der Waals surface area contributed by atoms with Gasteiger partial charge in [-0.15, -0.1) is 12.4 Å². The molecule has 5 heteroatoms. The van der Waals surface area contributed by atoms with Crippen molar-refractivity contribution in [1.29, 1.82) is 0 Å². The summed E-state index contributed by atoms with van der Waals surface area (Å²) in [5.41, 5.74) is 3.67. The summed E-state index contributed by atoms with van der Waals surface area (Å²) in [6.45, 7) is 12.3. The fourth-order valence-electron chi connectivity index (χ4n) is 3.39. The molecule has 0 saturated heterocycles. The van der Waals surface area contributed by atoms with E-state index >= 15 is 0 Å². The van der Waals surface area contributed by atoms with Gasteiger partial charge in [-0.3, -0.25) is 4.79 Å². The number of benzene rings is 1. The van der Waals surface area contributed by atoms with Gasteiger partial charge in [0.15, 0.2) is 0 Å². The topological polar surface area (TPSA) is 42.7 Å². The fourth-order valence-corrected chi connectivity index (χ4v) is 3.39. The highest BCUT2D eigenvalue weighted by atomic mass is 35.5. The second-order valence-corrected chi connectivity index (χ2v) is 8.83. The van der Waals surface area contributed by atoms with Crippen molar-refractivity contribution in [2.24, 2.45) is 0 Å². The number of aromatic nitrogens is 1. The second-order valence-electron chi connectivity index (χ2n) is 8.83. The summed E-state index contributed by atoms with van der Waals surface area (Å²) in [7, 11) is 0. The largest absolute Gasteiger partial charge is 0.494 e. The molecule has 2 heterocycles. The van der Waals surface area contributed by atoms with Gasteiger partial charge in [-0.2, -0.15) is 0 Å². The van der Waals surface area contributed by atoms with Crippen molar-refractivity contribution in [2.45, 2.75) is 52.5 Å². The van der Waals surface area contributed by atoms with Crippen molar-refractivity contribution in [3.8, 4) is 5.75 Å². The van der Waals surface area contributed by atoms with E-state index in [4.69, 9.17) is 4.74 Å². The maximum atomic E-state index is 13.3. The van der Waals surface area contributed by atoms with Gasteiger partial charge in [-0.05, 0) is 87.7 Å². The molecule has 4 nitrogen and oxygen atoms in total. The zero-order chi connectivity index (χ0) is 21.0. The molecule has 0 saturated carbocycles. The highest BCUT2D eigenvalue weighted by Gasteiger charge is 2.20. The fraction of sp³-hybridized carbons (Fsp3) is 0.400. The number of ketones is 1. The predicted octanol–water partition coefficient (Wildman–Crippen LogP) is 5.87. The van der Waals surface area contributed by atoms with Gasteiger partial charge in [0.05, 0.1) is 12.3 Å². The van der Waals surface area contributed by atoms with Crippen LogP contribution in [0.2, 0.25) is 0 Å². The third kappa shape index (κ3) is 5.87. The number of halogens is 1. The molecule has 0 aliphatic rings. The number of carbonyl (C=O) groups excluding carboxylic acids is 1. The Morgan fingerprint density at radius 3 is 2.43 bits per heavy atom. The highest BCUT2D eigenvalue weighted by molar-refractivity contribution is 6.09. The smallest absolute Gasteiger partial charge is 0.210 e. The number of hydrogen-bond acceptors (Lipinski definition) is 3. The maximum Gasteiger partial charge on any atom is 0.210 e. The molecule has 0 unspecified atom stereocenters. The first-order chi connectivity index (χ1) is 13.8. The molecular weight excluding hydrogens is 396 g/mol. The Balaban J connectivity index is 0.00000320. The molecule has 0 fully saturated rings. The van der Waals surface area contributed by atoms with Crippen LogP contribution < -0.4 is 10.1 Å². The number of pyridine rings is 1. The van der Waals surface area contributed by atoms with E-state index in [1.165, 1.54) is 0 Å². The molecule has 162 valence electrons. The Morgan fingerprint density at radius 1 is 1.10 bits per heavy atom. The zero-order valence-corrected chi connectivity index (χ0v) is 19.4. The number of rotatable bonds is 8. The monoisotopic (exact) mass is 428 g/mol. The van der Waals surface area contributed by atoms with E-state index in [1.807, 2.05) is 53.1 Å². The lowest BCUT2D eigenvalue weighted by molar-refractivity contribution is 0.103. The molecule has 0 aliphatic heterocycles. The minimum Gasteiger partial charge on any atom is -0.494 e. The Bertz CT molecular complexity index is 969. The number of fused-ring (bicyclic) bond motifs is 1. The molecule has 0 bridgehead atoms. The van der Waals surface area contributed by atoms with Crippen molar-refractivity contribution in [2.75, 3.05) is 13.2 Å². The van der Waals surface area contributed by atoms with E-state index < -0.39 is 0 Å².